The number of halogens is 1. The average molecular weight is 433 g/mol. The summed E-state index contributed by atoms with van der Waals surface area (Å²) < 4.78 is 32.6. The Morgan fingerprint density at radius 2 is 1.83 bits per heavy atom. The maximum absolute atomic E-state index is 13.0. The van der Waals surface area contributed by atoms with Crippen LogP contribution in [0.3, 0.4) is 0 Å². The second kappa shape index (κ2) is 7.94. The van der Waals surface area contributed by atoms with Crippen LogP contribution in [0.4, 0.5) is 6.01 Å². The number of hydrogen-bond donors (Lipinski definition) is 1. The van der Waals surface area contributed by atoms with E-state index in [9.17, 15) is 13.2 Å². The van der Waals surface area contributed by atoms with Gasteiger partial charge in [-0.2, -0.15) is 4.31 Å². The van der Waals surface area contributed by atoms with Crippen LogP contribution >= 0.6 is 11.6 Å². The predicted molar refractivity (Wildman–Crippen MR) is 107 cm³/mol. The normalized spacial score (nSPS) is 17.3. The van der Waals surface area contributed by atoms with Crippen LogP contribution < -0.4 is 5.32 Å². The van der Waals surface area contributed by atoms with Crippen LogP contribution in [0, 0.1) is 0 Å². The Balaban J connectivity index is 1.51. The second-order valence-electron chi connectivity index (χ2n) is 6.50. The van der Waals surface area contributed by atoms with Gasteiger partial charge in [0.05, 0.1) is 4.90 Å². The van der Waals surface area contributed by atoms with Crippen molar-refractivity contribution in [1.29, 1.82) is 0 Å². The lowest BCUT2D eigenvalue weighted by atomic mass is 10.2. The molecule has 0 radical (unpaired) electrons. The van der Waals surface area contributed by atoms with Crippen LogP contribution in [0.1, 0.15) is 12.8 Å². The van der Waals surface area contributed by atoms with Crippen molar-refractivity contribution in [2.24, 2.45) is 0 Å². The number of amides is 1. The summed E-state index contributed by atoms with van der Waals surface area (Å²) in [6, 6.07) is 14.0. The first-order chi connectivity index (χ1) is 13.9. The van der Waals surface area contributed by atoms with Gasteiger partial charge in [0.15, 0.2) is 0 Å². The van der Waals surface area contributed by atoms with Crippen molar-refractivity contribution < 1.29 is 17.6 Å². The molecule has 1 fully saturated rings. The Labute approximate surface area is 172 Å². The fourth-order valence-electron chi connectivity index (χ4n) is 3.19. The standard InChI is InChI=1S/C19H17ClN4O4S/c20-14-8-10-15(11-9-14)29(26,27)24-12-4-7-16(24)17(25)21-19-23-22-18(28-19)13-5-2-1-3-6-13/h1-3,5-6,8-11,16H,4,7,12H2,(H,21,23,25). The van der Waals surface area contributed by atoms with Gasteiger partial charge in [0.25, 0.3) is 0 Å². The molecule has 1 saturated heterocycles. The van der Waals surface area contributed by atoms with Crippen molar-refractivity contribution in [1.82, 2.24) is 14.5 Å². The first-order valence-electron chi connectivity index (χ1n) is 8.92. The van der Waals surface area contributed by atoms with E-state index in [4.69, 9.17) is 16.0 Å². The minimum Gasteiger partial charge on any atom is -0.403 e. The zero-order valence-electron chi connectivity index (χ0n) is 15.2. The van der Waals surface area contributed by atoms with E-state index in [-0.39, 0.29) is 23.3 Å². The summed E-state index contributed by atoms with van der Waals surface area (Å²) in [5, 5.41) is 10.7. The van der Waals surface area contributed by atoms with E-state index in [0.717, 1.165) is 0 Å². The lowest BCUT2D eigenvalue weighted by Gasteiger charge is -2.22. The van der Waals surface area contributed by atoms with Gasteiger partial charge in [0, 0.05) is 17.1 Å². The smallest absolute Gasteiger partial charge is 0.322 e. The fourth-order valence-corrected chi connectivity index (χ4v) is 4.97. The molecule has 3 aromatic rings. The molecule has 1 aromatic heterocycles. The summed E-state index contributed by atoms with van der Waals surface area (Å²) in [5.74, 6) is -0.249. The molecule has 1 aliphatic heterocycles. The van der Waals surface area contributed by atoms with Gasteiger partial charge >= 0.3 is 6.01 Å². The fraction of sp³-hybridized carbons (Fsp3) is 0.211. The van der Waals surface area contributed by atoms with E-state index in [2.05, 4.69) is 15.5 Å². The molecule has 1 unspecified atom stereocenters. The molecular formula is C19H17ClN4O4S. The first-order valence-corrected chi connectivity index (χ1v) is 10.7. The Bertz CT molecular complexity index is 1120. The number of rotatable bonds is 5. The molecule has 0 saturated carbocycles. The van der Waals surface area contributed by atoms with Gasteiger partial charge in [-0.05, 0) is 49.2 Å². The average Bonchev–Trinajstić information content (AvgIpc) is 3.39. The minimum absolute atomic E-state index is 0.0791. The zero-order chi connectivity index (χ0) is 20.4. The van der Waals surface area contributed by atoms with Crippen molar-refractivity contribution in [2.45, 2.75) is 23.8 Å². The number of aromatic nitrogens is 2. The van der Waals surface area contributed by atoms with Gasteiger partial charge in [0.2, 0.25) is 21.8 Å². The molecule has 0 aliphatic carbocycles. The predicted octanol–water partition coefficient (Wildman–Crippen LogP) is 3.18. The summed E-state index contributed by atoms with van der Waals surface area (Å²) in [4.78, 5) is 12.8. The van der Waals surface area contributed by atoms with Gasteiger partial charge in [-0.25, -0.2) is 8.42 Å². The molecule has 2 heterocycles. The molecule has 4 rings (SSSR count). The molecule has 0 spiro atoms. The molecular weight excluding hydrogens is 416 g/mol. The maximum Gasteiger partial charge on any atom is 0.322 e. The van der Waals surface area contributed by atoms with Crippen molar-refractivity contribution in [3.05, 3.63) is 59.6 Å². The first kappa shape index (κ1) is 19.6. The lowest BCUT2D eigenvalue weighted by Crippen LogP contribution is -2.43. The second-order valence-corrected chi connectivity index (χ2v) is 8.82. The third-order valence-electron chi connectivity index (χ3n) is 4.60. The largest absolute Gasteiger partial charge is 0.403 e. The van der Waals surface area contributed by atoms with Crippen molar-refractivity contribution in [3.8, 4) is 11.5 Å². The lowest BCUT2D eigenvalue weighted by molar-refractivity contribution is -0.119. The number of anilines is 1. The van der Waals surface area contributed by atoms with E-state index in [1.807, 2.05) is 18.2 Å². The number of sulfonamides is 1. The van der Waals surface area contributed by atoms with E-state index in [1.54, 1.807) is 12.1 Å². The van der Waals surface area contributed by atoms with Crippen LogP contribution in [0.15, 0.2) is 63.9 Å². The van der Waals surface area contributed by atoms with Crippen LogP contribution in [-0.2, 0) is 14.8 Å². The summed E-state index contributed by atoms with van der Waals surface area (Å²) in [7, 11) is -3.83. The van der Waals surface area contributed by atoms with Crippen LogP contribution in [0.5, 0.6) is 0 Å². The SMILES string of the molecule is O=C(Nc1nnc(-c2ccccc2)o1)C1CCCN1S(=O)(=O)c1ccc(Cl)cc1. The Morgan fingerprint density at radius 1 is 1.10 bits per heavy atom. The number of nitrogens with one attached hydrogen (secondary N) is 1. The highest BCUT2D eigenvalue weighted by molar-refractivity contribution is 7.89. The molecule has 1 N–H and O–H groups in total. The van der Waals surface area contributed by atoms with Crippen LogP contribution in [-0.4, -0.2) is 41.4 Å². The Kier molecular flexibility index (Phi) is 5.35. The van der Waals surface area contributed by atoms with Gasteiger partial charge in [-0.15, -0.1) is 5.10 Å². The summed E-state index contributed by atoms with van der Waals surface area (Å²) >= 11 is 5.84. The van der Waals surface area contributed by atoms with E-state index < -0.39 is 22.0 Å². The zero-order valence-corrected chi connectivity index (χ0v) is 16.7. The number of benzene rings is 2. The Morgan fingerprint density at radius 3 is 2.55 bits per heavy atom. The molecule has 1 amide bonds. The van der Waals surface area contributed by atoms with Crippen molar-refractivity contribution >= 4 is 33.5 Å². The molecule has 0 bridgehead atoms. The van der Waals surface area contributed by atoms with Gasteiger partial charge in [-0.1, -0.05) is 34.9 Å². The highest BCUT2D eigenvalue weighted by Gasteiger charge is 2.39. The molecule has 10 heteroatoms. The number of nitrogens with zero attached hydrogens (tertiary/aromatic N) is 3. The topological polar surface area (TPSA) is 105 Å². The monoisotopic (exact) mass is 432 g/mol. The highest BCUT2D eigenvalue weighted by atomic mass is 35.5. The molecule has 2 aromatic carbocycles. The van der Waals surface area contributed by atoms with E-state index >= 15 is 0 Å². The highest BCUT2D eigenvalue weighted by Crippen LogP contribution is 2.28. The molecule has 1 atom stereocenters. The molecule has 1 aliphatic rings. The minimum atomic E-state index is -3.83. The molecule has 29 heavy (non-hydrogen) atoms. The summed E-state index contributed by atoms with van der Waals surface area (Å²) in [6.45, 7) is 0.252. The van der Waals surface area contributed by atoms with Crippen molar-refractivity contribution in [3.63, 3.8) is 0 Å². The van der Waals surface area contributed by atoms with Crippen LogP contribution in [0.2, 0.25) is 5.02 Å². The van der Waals surface area contributed by atoms with Crippen LogP contribution in [0.25, 0.3) is 11.5 Å². The van der Waals surface area contributed by atoms with Crippen molar-refractivity contribution in [2.75, 3.05) is 11.9 Å². The summed E-state index contributed by atoms with van der Waals surface area (Å²) in [5.41, 5.74) is 0.716. The number of hydrogen-bond acceptors (Lipinski definition) is 6. The van der Waals surface area contributed by atoms with E-state index in [1.165, 1.54) is 28.6 Å². The molecule has 150 valence electrons. The van der Waals surface area contributed by atoms with Gasteiger partial charge < -0.3 is 4.42 Å². The third-order valence-corrected chi connectivity index (χ3v) is 6.78. The molecule has 8 nitrogen and oxygen atoms in total. The summed E-state index contributed by atoms with van der Waals surface area (Å²) in [6.07, 6.45) is 0.975. The maximum atomic E-state index is 13.0. The number of carbonyl (C=O) groups excluding carboxylic acids is 1. The van der Waals surface area contributed by atoms with Gasteiger partial charge in [0.1, 0.15) is 6.04 Å². The Hall–Kier alpha value is -2.75. The number of carbonyl (C=O) groups is 1. The third kappa shape index (κ3) is 4.02. The van der Waals surface area contributed by atoms with E-state index in [0.29, 0.717) is 23.4 Å². The van der Waals surface area contributed by atoms with Gasteiger partial charge in [-0.3, -0.25) is 10.1 Å². The quantitative estimate of drug-likeness (QED) is 0.663.